The van der Waals surface area contributed by atoms with Gasteiger partial charge >= 0.3 is 5.97 Å². The molecule has 2 nitrogen and oxygen atoms in total. The Kier molecular flexibility index (Phi) is 3.46. The quantitative estimate of drug-likeness (QED) is 0.571. The van der Waals surface area contributed by atoms with Crippen LogP contribution in [0.1, 0.15) is 15.9 Å². The van der Waals surface area contributed by atoms with E-state index in [9.17, 15) is 4.79 Å². The van der Waals surface area contributed by atoms with Gasteiger partial charge in [0, 0.05) is 4.47 Å². The highest BCUT2D eigenvalue weighted by molar-refractivity contribution is 9.10. The lowest BCUT2D eigenvalue weighted by Crippen LogP contribution is -2.07. The topological polar surface area (TPSA) is 26.3 Å². The lowest BCUT2D eigenvalue weighted by atomic mass is 10.1. The summed E-state index contributed by atoms with van der Waals surface area (Å²) in [6, 6.07) is 3.69. The van der Waals surface area contributed by atoms with Crippen molar-refractivity contribution in [2.24, 2.45) is 0 Å². The van der Waals surface area contributed by atoms with E-state index in [-0.39, 0.29) is 5.97 Å². The van der Waals surface area contributed by atoms with Crippen molar-refractivity contribution in [2.75, 3.05) is 7.11 Å². The Labute approximate surface area is 88.0 Å². The van der Waals surface area contributed by atoms with Gasteiger partial charge in [0.05, 0.1) is 12.7 Å². The van der Waals surface area contributed by atoms with Crippen molar-refractivity contribution in [3.05, 3.63) is 27.7 Å². The Hall–Kier alpha value is -0.400. The fourth-order valence-corrected chi connectivity index (χ4v) is 1.83. The van der Waals surface area contributed by atoms with E-state index in [1.54, 1.807) is 6.07 Å². The van der Waals surface area contributed by atoms with Crippen molar-refractivity contribution in [3.8, 4) is 0 Å². The molecule has 0 heterocycles. The zero-order valence-corrected chi connectivity index (χ0v) is 10.2. The summed E-state index contributed by atoms with van der Waals surface area (Å²) in [5, 5.41) is 1.00. The smallest absolute Gasteiger partial charge is 0.339 e. The van der Waals surface area contributed by atoms with Gasteiger partial charge in [0.15, 0.2) is 0 Å². The second kappa shape index (κ2) is 4.21. The molecule has 0 N–H and O–H groups in total. The summed E-state index contributed by atoms with van der Waals surface area (Å²) >= 11 is 3.31. The number of rotatable bonds is 1. The van der Waals surface area contributed by atoms with E-state index < -0.39 is 0 Å². The van der Waals surface area contributed by atoms with Gasteiger partial charge < -0.3 is 4.74 Å². The predicted molar refractivity (Wildman–Crippen MR) is 59.6 cm³/mol. The van der Waals surface area contributed by atoms with Crippen molar-refractivity contribution in [1.29, 1.82) is 0 Å². The van der Waals surface area contributed by atoms with Crippen LogP contribution >= 0.6 is 25.2 Å². The average molecular weight is 261 g/mol. The fraction of sp³-hybridized carbons (Fsp3) is 0.222. The highest BCUT2D eigenvalue weighted by Gasteiger charge is 2.11. The SMILES string of the molecule is COC(=O)c1cc(P)c(C)cc1Br. The summed E-state index contributed by atoms with van der Waals surface area (Å²) in [6.07, 6.45) is 0. The van der Waals surface area contributed by atoms with Crippen molar-refractivity contribution in [3.63, 3.8) is 0 Å². The molecule has 4 heteroatoms. The zero-order chi connectivity index (χ0) is 10.0. The Morgan fingerprint density at radius 3 is 2.69 bits per heavy atom. The summed E-state index contributed by atoms with van der Waals surface area (Å²) in [6.45, 7) is 1.98. The number of esters is 1. The Bertz CT molecular complexity index is 350. The molecular formula is C9H10BrO2P. The van der Waals surface area contributed by atoms with E-state index in [1.165, 1.54) is 7.11 Å². The number of benzene rings is 1. The van der Waals surface area contributed by atoms with Crippen LogP contribution in [-0.2, 0) is 4.74 Å². The van der Waals surface area contributed by atoms with Crippen LogP contribution in [0.4, 0.5) is 0 Å². The fourth-order valence-electron chi connectivity index (χ4n) is 0.956. The number of aryl methyl sites for hydroxylation is 1. The molecule has 0 saturated heterocycles. The minimum atomic E-state index is -0.324. The van der Waals surface area contributed by atoms with Crippen LogP contribution in [0.25, 0.3) is 0 Å². The third-order valence-corrected chi connectivity index (χ3v) is 3.04. The molecule has 0 bridgehead atoms. The molecule has 0 aromatic heterocycles. The molecule has 0 saturated carbocycles. The van der Waals surface area contributed by atoms with Gasteiger partial charge in [-0.2, -0.15) is 0 Å². The molecule has 0 aliphatic heterocycles. The minimum Gasteiger partial charge on any atom is -0.465 e. The molecule has 1 aromatic rings. The summed E-state index contributed by atoms with van der Waals surface area (Å²) in [4.78, 5) is 11.2. The Morgan fingerprint density at radius 2 is 2.15 bits per heavy atom. The van der Waals surface area contributed by atoms with Gasteiger partial charge in [-0.05, 0) is 45.9 Å². The van der Waals surface area contributed by atoms with Gasteiger partial charge in [0.2, 0.25) is 0 Å². The highest BCUT2D eigenvalue weighted by Crippen LogP contribution is 2.19. The van der Waals surface area contributed by atoms with E-state index in [2.05, 4.69) is 29.9 Å². The van der Waals surface area contributed by atoms with Gasteiger partial charge in [-0.15, -0.1) is 9.24 Å². The molecule has 0 fully saturated rings. The van der Waals surface area contributed by atoms with E-state index >= 15 is 0 Å². The maximum absolute atomic E-state index is 11.2. The molecule has 13 heavy (non-hydrogen) atoms. The van der Waals surface area contributed by atoms with Crippen LogP contribution in [-0.4, -0.2) is 13.1 Å². The van der Waals surface area contributed by atoms with Gasteiger partial charge in [0.1, 0.15) is 0 Å². The summed E-state index contributed by atoms with van der Waals surface area (Å²) in [7, 11) is 3.95. The lowest BCUT2D eigenvalue weighted by Gasteiger charge is -2.05. The normalized spacial score (nSPS) is 9.85. The van der Waals surface area contributed by atoms with Gasteiger partial charge in [0.25, 0.3) is 0 Å². The van der Waals surface area contributed by atoms with Gasteiger partial charge in [-0.1, -0.05) is 0 Å². The van der Waals surface area contributed by atoms with Crippen LogP contribution in [0.2, 0.25) is 0 Å². The van der Waals surface area contributed by atoms with Crippen LogP contribution in [0.15, 0.2) is 16.6 Å². The van der Waals surface area contributed by atoms with E-state index in [0.717, 1.165) is 15.3 Å². The van der Waals surface area contributed by atoms with E-state index in [0.29, 0.717) is 5.56 Å². The Balaban J connectivity index is 3.23. The molecule has 1 aromatic carbocycles. The van der Waals surface area contributed by atoms with Crippen LogP contribution < -0.4 is 5.30 Å². The number of carbonyl (C=O) groups is 1. The third kappa shape index (κ3) is 2.29. The molecule has 1 atom stereocenters. The molecule has 1 rings (SSSR count). The van der Waals surface area contributed by atoms with Crippen molar-refractivity contribution >= 4 is 36.4 Å². The number of ether oxygens (including phenoxy) is 1. The Morgan fingerprint density at radius 1 is 1.54 bits per heavy atom. The first kappa shape index (κ1) is 10.7. The standard InChI is InChI=1S/C9H10BrO2P/c1-5-3-7(10)6(4-8(5)13)9(11)12-2/h3-4H,13H2,1-2H3. The lowest BCUT2D eigenvalue weighted by molar-refractivity contribution is 0.0600. The first-order valence-corrected chi connectivity index (χ1v) is 5.07. The van der Waals surface area contributed by atoms with Crippen LogP contribution in [0.3, 0.4) is 0 Å². The highest BCUT2D eigenvalue weighted by atomic mass is 79.9. The minimum absolute atomic E-state index is 0.324. The third-order valence-electron chi connectivity index (χ3n) is 1.76. The van der Waals surface area contributed by atoms with Crippen LogP contribution in [0, 0.1) is 6.92 Å². The average Bonchev–Trinajstić information content (AvgIpc) is 2.10. The molecule has 0 spiro atoms. The van der Waals surface area contributed by atoms with Crippen molar-refractivity contribution in [1.82, 2.24) is 0 Å². The summed E-state index contributed by atoms with van der Waals surface area (Å²) in [5.74, 6) is -0.324. The molecular weight excluding hydrogens is 251 g/mol. The van der Waals surface area contributed by atoms with Crippen molar-refractivity contribution < 1.29 is 9.53 Å². The summed E-state index contributed by atoms with van der Waals surface area (Å²) in [5.41, 5.74) is 1.67. The van der Waals surface area contributed by atoms with E-state index in [4.69, 9.17) is 0 Å². The van der Waals surface area contributed by atoms with Gasteiger partial charge in [-0.25, -0.2) is 4.79 Å². The first-order chi connectivity index (χ1) is 6.06. The van der Waals surface area contributed by atoms with Crippen LogP contribution in [0.5, 0.6) is 0 Å². The summed E-state index contributed by atoms with van der Waals surface area (Å²) < 4.78 is 5.40. The van der Waals surface area contributed by atoms with Crippen molar-refractivity contribution in [2.45, 2.75) is 6.92 Å². The molecule has 0 amide bonds. The number of hydrogen-bond donors (Lipinski definition) is 0. The number of carbonyl (C=O) groups excluding carboxylic acids is 1. The zero-order valence-electron chi connectivity index (χ0n) is 7.43. The molecule has 0 radical (unpaired) electrons. The van der Waals surface area contributed by atoms with E-state index in [1.807, 2.05) is 13.0 Å². The first-order valence-electron chi connectivity index (χ1n) is 3.70. The number of halogens is 1. The maximum atomic E-state index is 11.2. The number of hydrogen-bond acceptors (Lipinski definition) is 2. The van der Waals surface area contributed by atoms with Gasteiger partial charge in [-0.3, -0.25) is 0 Å². The maximum Gasteiger partial charge on any atom is 0.339 e. The largest absolute Gasteiger partial charge is 0.465 e. The number of methoxy groups -OCH3 is 1. The molecule has 0 aliphatic rings. The second-order valence-electron chi connectivity index (χ2n) is 2.68. The molecule has 1 unspecified atom stereocenters. The second-order valence-corrected chi connectivity index (χ2v) is 4.16. The monoisotopic (exact) mass is 260 g/mol. The molecule has 0 aliphatic carbocycles. The predicted octanol–water partition coefficient (Wildman–Crippen LogP) is 2.04. The molecule has 70 valence electrons.